The molecule has 0 aliphatic carbocycles. The Morgan fingerprint density at radius 1 is 0.952 bits per heavy atom. The van der Waals surface area contributed by atoms with Gasteiger partial charge in [-0.25, -0.2) is 13.2 Å². The van der Waals surface area contributed by atoms with Gasteiger partial charge in [-0.05, 0) is 30.3 Å². The standard InChI is InChI=1S/C15H9ClO4S/c16-11-5-3-6-12(9-11)21(18,19)14-8-10-4-1-2-7-13(10)20-15(14)17/h1-9H. The van der Waals surface area contributed by atoms with Gasteiger partial charge >= 0.3 is 5.63 Å². The first-order chi connectivity index (χ1) is 9.98. The fourth-order valence-corrected chi connectivity index (χ4v) is 3.58. The van der Waals surface area contributed by atoms with Gasteiger partial charge in [0, 0.05) is 10.4 Å². The van der Waals surface area contributed by atoms with Crippen LogP contribution in [0, 0.1) is 0 Å². The van der Waals surface area contributed by atoms with Crippen molar-refractivity contribution in [2.75, 3.05) is 0 Å². The number of rotatable bonds is 2. The second-order valence-corrected chi connectivity index (χ2v) is 6.75. The molecule has 0 unspecified atom stereocenters. The Morgan fingerprint density at radius 3 is 2.48 bits per heavy atom. The maximum absolute atomic E-state index is 12.5. The van der Waals surface area contributed by atoms with Crippen LogP contribution in [0.25, 0.3) is 11.0 Å². The molecule has 4 nitrogen and oxygen atoms in total. The first kappa shape index (κ1) is 13.9. The van der Waals surface area contributed by atoms with Gasteiger partial charge in [-0.3, -0.25) is 0 Å². The van der Waals surface area contributed by atoms with Crippen molar-refractivity contribution in [2.45, 2.75) is 9.79 Å². The molecule has 6 heteroatoms. The van der Waals surface area contributed by atoms with E-state index in [0.717, 1.165) is 0 Å². The number of para-hydroxylation sites is 1. The fraction of sp³-hybridized carbons (Fsp3) is 0. The van der Waals surface area contributed by atoms with Gasteiger partial charge in [0.05, 0.1) is 4.90 Å². The zero-order valence-electron chi connectivity index (χ0n) is 10.6. The molecule has 0 amide bonds. The summed E-state index contributed by atoms with van der Waals surface area (Å²) in [5, 5.41) is 0.818. The van der Waals surface area contributed by atoms with E-state index >= 15 is 0 Å². The van der Waals surface area contributed by atoms with E-state index in [1.165, 1.54) is 24.3 Å². The molecule has 3 rings (SSSR count). The van der Waals surface area contributed by atoms with E-state index in [4.69, 9.17) is 16.0 Å². The third-order valence-corrected chi connectivity index (χ3v) is 4.98. The van der Waals surface area contributed by atoms with E-state index in [1.807, 2.05) is 0 Å². The van der Waals surface area contributed by atoms with E-state index in [2.05, 4.69) is 0 Å². The van der Waals surface area contributed by atoms with E-state index < -0.39 is 20.4 Å². The SMILES string of the molecule is O=c1oc2ccccc2cc1S(=O)(=O)c1cccc(Cl)c1. The third kappa shape index (κ3) is 2.46. The Morgan fingerprint density at radius 2 is 1.71 bits per heavy atom. The number of halogens is 1. The molecule has 0 radical (unpaired) electrons. The van der Waals surface area contributed by atoms with Crippen LogP contribution in [0.1, 0.15) is 0 Å². The molecule has 0 fully saturated rings. The molecule has 1 aromatic heterocycles. The molecule has 2 aromatic carbocycles. The number of hydrogen-bond donors (Lipinski definition) is 0. The molecule has 0 bridgehead atoms. The molecule has 0 atom stereocenters. The van der Waals surface area contributed by atoms with Crippen LogP contribution in [0.3, 0.4) is 0 Å². The highest BCUT2D eigenvalue weighted by Gasteiger charge is 2.23. The van der Waals surface area contributed by atoms with Crippen molar-refractivity contribution in [3.8, 4) is 0 Å². The largest absolute Gasteiger partial charge is 0.422 e. The quantitative estimate of drug-likeness (QED) is 0.680. The van der Waals surface area contributed by atoms with Gasteiger partial charge in [0.1, 0.15) is 5.58 Å². The molecule has 0 aliphatic heterocycles. The van der Waals surface area contributed by atoms with Gasteiger partial charge in [0.2, 0.25) is 9.84 Å². The number of hydrogen-bond acceptors (Lipinski definition) is 4. The van der Waals surface area contributed by atoms with E-state index in [0.29, 0.717) is 11.0 Å². The van der Waals surface area contributed by atoms with Gasteiger partial charge in [-0.15, -0.1) is 0 Å². The Kier molecular flexibility index (Phi) is 3.31. The summed E-state index contributed by atoms with van der Waals surface area (Å²) in [6.45, 7) is 0. The lowest BCUT2D eigenvalue weighted by atomic mass is 10.2. The topological polar surface area (TPSA) is 64.3 Å². The zero-order valence-corrected chi connectivity index (χ0v) is 12.2. The summed E-state index contributed by atoms with van der Waals surface area (Å²) < 4.78 is 30.1. The molecule has 0 N–H and O–H groups in total. The van der Waals surface area contributed by atoms with Crippen molar-refractivity contribution in [1.82, 2.24) is 0 Å². The highest BCUT2D eigenvalue weighted by Crippen LogP contribution is 2.23. The number of benzene rings is 2. The average molecular weight is 321 g/mol. The van der Waals surface area contributed by atoms with Gasteiger partial charge < -0.3 is 4.42 Å². The molecule has 0 saturated carbocycles. The second kappa shape index (κ2) is 5.02. The van der Waals surface area contributed by atoms with Crippen LogP contribution in [-0.4, -0.2) is 8.42 Å². The summed E-state index contributed by atoms with van der Waals surface area (Å²) in [6.07, 6.45) is 0. The highest BCUT2D eigenvalue weighted by molar-refractivity contribution is 7.91. The first-order valence-electron chi connectivity index (χ1n) is 6.02. The predicted octanol–water partition coefficient (Wildman–Crippen LogP) is 3.28. The Balaban J connectivity index is 2.28. The maximum atomic E-state index is 12.5. The summed E-state index contributed by atoms with van der Waals surface area (Å²) in [5.74, 6) is 0. The Bertz CT molecular complexity index is 990. The zero-order chi connectivity index (χ0) is 15.0. The van der Waals surface area contributed by atoms with Gasteiger partial charge in [-0.1, -0.05) is 35.9 Å². The van der Waals surface area contributed by atoms with Gasteiger partial charge in [-0.2, -0.15) is 0 Å². The van der Waals surface area contributed by atoms with Crippen molar-refractivity contribution in [3.05, 3.63) is 70.0 Å². The monoisotopic (exact) mass is 320 g/mol. The number of sulfone groups is 1. The lowest BCUT2D eigenvalue weighted by molar-refractivity contribution is 0.532. The molecule has 0 aliphatic rings. The smallest absolute Gasteiger partial charge is 0.355 e. The maximum Gasteiger partial charge on any atom is 0.355 e. The molecule has 0 spiro atoms. The lowest BCUT2D eigenvalue weighted by Crippen LogP contribution is -2.14. The van der Waals surface area contributed by atoms with E-state index in [1.54, 1.807) is 30.3 Å². The molecule has 21 heavy (non-hydrogen) atoms. The van der Waals surface area contributed by atoms with Crippen LogP contribution in [-0.2, 0) is 9.84 Å². The fourth-order valence-electron chi connectivity index (χ4n) is 1.99. The summed E-state index contributed by atoms with van der Waals surface area (Å²) in [4.78, 5) is 11.5. The highest BCUT2D eigenvalue weighted by atomic mass is 35.5. The van der Waals surface area contributed by atoms with Crippen molar-refractivity contribution in [2.24, 2.45) is 0 Å². The third-order valence-electron chi connectivity index (χ3n) is 3.01. The molecule has 3 aromatic rings. The first-order valence-corrected chi connectivity index (χ1v) is 7.88. The minimum Gasteiger partial charge on any atom is -0.422 e. The lowest BCUT2D eigenvalue weighted by Gasteiger charge is -2.05. The van der Waals surface area contributed by atoms with Crippen LogP contribution in [0.4, 0.5) is 0 Å². The molecular weight excluding hydrogens is 312 g/mol. The van der Waals surface area contributed by atoms with Crippen LogP contribution in [0.15, 0.2) is 73.6 Å². The minimum absolute atomic E-state index is 0.0439. The van der Waals surface area contributed by atoms with Crippen LogP contribution < -0.4 is 5.63 Å². The Hall–Kier alpha value is -2.11. The summed E-state index contributed by atoms with van der Waals surface area (Å²) in [5.41, 5.74) is -0.554. The van der Waals surface area contributed by atoms with Crippen molar-refractivity contribution in [3.63, 3.8) is 0 Å². The molecule has 0 saturated heterocycles. The van der Waals surface area contributed by atoms with Crippen molar-refractivity contribution < 1.29 is 12.8 Å². The van der Waals surface area contributed by atoms with Crippen LogP contribution >= 0.6 is 11.6 Å². The molecule has 1 heterocycles. The van der Waals surface area contributed by atoms with Crippen LogP contribution in [0.2, 0.25) is 5.02 Å². The normalized spacial score (nSPS) is 11.7. The summed E-state index contributed by atoms with van der Waals surface area (Å²) in [6, 6.07) is 13.8. The van der Waals surface area contributed by atoms with Crippen molar-refractivity contribution >= 4 is 32.4 Å². The summed E-state index contributed by atoms with van der Waals surface area (Å²) in [7, 11) is -3.97. The Labute approximate surface area is 125 Å². The van der Waals surface area contributed by atoms with E-state index in [9.17, 15) is 13.2 Å². The minimum atomic E-state index is -3.97. The van der Waals surface area contributed by atoms with E-state index in [-0.39, 0.29) is 9.92 Å². The van der Waals surface area contributed by atoms with Gasteiger partial charge in [0.25, 0.3) is 0 Å². The van der Waals surface area contributed by atoms with Crippen molar-refractivity contribution in [1.29, 1.82) is 0 Å². The molecule has 106 valence electrons. The molecular formula is C15H9ClO4S. The number of fused-ring (bicyclic) bond motifs is 1. The predicted molar refractivity (Wildman–Crippen MR) is 79.4 cm³/mol. The van der Waals surface area contributed by atoms with Crippen LogP contribution in [0.5, 0.6) is 0 Å². The summed E-state index contributed by atoms with van der Waals surface area (Å²) >= 11 is 5.81. The van der Waals surface area contributed by atoms with Gasteiger partial charge in [0.15, 0.2) is 4.90 Å². The second-order valence-electron chi connectivity index (χ2n) is 4.40. The average Bonchev–Trinajstić information content (AvgIpc) is 2.46.